The molecule has 20 heavy (non-hydrogen) atoms. The zero-order chi connectivity index (χ0) is 16.7. The average Bonchev–Trinajstić information content (AvgIpc) is 2.12. The summed E-state index contributed by atoms with van der Waals surface area (Å²) < 4.78 is 2.97. The highest BCUT2D eigenvalue weighted by Crippen LogP contribution is 2.48. The summed E-state index contributed by atoms with van der Waals surface area (Å²) in [5.41, 5.74) is 1.59. The third-order valence-electron chi connectivity index (χ3n) is 5.85. The predicted molar refractivity (Wildman–Crippen MR) is 105 cm³/mol. The van der Waals surface area contributed by atoms with E-state index in [1.807, 2.05) is 0 Å². The van der Waals surface area contributed by atoms with Gasteiger partial charge in [0, 0.05) is 10.2 Å². The van der Waals surface area contributed by atoms with E-state index in [2.05, 4.69) is 85.8 Å². The molecule has 0 aliphatic heterocycles. The molecule has 0 bridgehead atoms. The maximum atomic E-state index is 2.97. The maximum Gasteiger partial charge on any atom is 0.146 e. The summed E-state index contributed by atoms with van der Waals surface area (Å²) in [6.45, 7) is 29.6. The van der Waals surface area contributed by atoms with Gasteiger partial charge >= 0.3 is 0 Å². The number of nitrogens with zero attached hydrogens (tertiary/aromatic N) is 1. The zero-order valence-corrected chi connectivity index (χ0v) is 20.4. The molecule has 120 valence electrons. The quantitative estimate of drug-likeness (QED) is 0.665. The van der Waals surface area contributed by atoms with Crippen molar-refractivity contribution >= 4 is 26.7 Å². The molecule has 0 unspecified atom stereocenters. The number of allylic oxidation sites excluding steroid dienone is 2. The molecular formula is C16H39NSi3. The Labute approximate surface area is 133 Å². The van der Waals surface area contributed by atoms with Crippen molar-refractivity contribution < 1.29 is 0 Å². The fourth-order valence-corrected chi connectivity index (χ4v) is 14.2. The zero-order valence-electron chi connectivity index (χ0n) is 16.4. The van der Waals surface area contributed by atoms with E-state index in [1.54, 1.807) is 10.9 Å². The molecular weight excluding hydrogens is 290 g/mol. The third-order valence-corrected chi connectivity index (χ3v) is 20.2. The third kappa shape index (κ3) is 3.69. The second kappa shape index (κ2) is 5.76. The van der Waals surface area contributed by atoms with Crippen LogP contribution in [0.5, 0.6) is 0 Å². The average molecular weight is 330 g/mol. The van der Waals surface area contributed by atoms with Crippen molar-refractivity contribution in [1.29, 1.82) is 0 Å². The van der Waals surface area contributed by atoms with Crippen molar-refractivity contribution in [1.82, 2.24) is 4.23 Å². The molecule has 0 heterocycles. The standard InChI is InChI=1S/C16H39NSi3/c1-13(14(2)18)17(19(9,10)15(3,4)5)20(11,12)16(6,7)8/h1-12,18H3. The summed E-state index contributed by atoms with van der Waals surface area (Å²) in [4.78, 5) is 0. The molecule has 0 rings (SSSR count). The van der Waals surface area contributed by atoms with Crippen LogP contribution in [0.2, 0.25) is 36.3 Å². The van der Waals surface area contributed by atoms with E-state index in [9.17, 15) is 0 Å². The van der Waals surface area contributed by atoms with Crippen LogP contribution in [0.1, 0.15) is 55.4 Å². The van der Waals surface area contributed by atoms with Crippen LogP contribution in [0.15, 0.2) is 10.9 Å². The molecule has 0 saturated heterocycles. The number of rotatable bonds is 3. The normalized spacial score (nSPS) is 16.2. The molecule has 0 aromatic carbocycles. The lowest BCUT2D eigenvalue weighted by Crippen LogP contribution is -2.67. The molecule has 1 nitrogen and oxygen atoms in total. The maximum absolute atomic E-state index is 2.97. The molecule has 0 saturated carbocycles. The molecule has 0 aliphatic rings. The Bertz CT molecular complexity index is 352. The van der Waals surface area contributed by atoms with E-state index in [4.69, 9.17) is 0 Å². The van der Waals surface area contributed by atoms with E-state index in [0.29, 0.717) is 10.1 Å². The molecule has 0 aromatic rings. The van der Waals surface area contributed by atoms with Gasteiger partial charge in [0.05, 0.1) is 0 Å². The summed E-state index contributed by atoms with van der Waals surface area (Å²) in [5.74, 6) is 0. The van der Waals surface area contributed by atoms with Crippen LogP contribution in [0, 0.1) is 0 Å². The minimum Gasteiger partial charge on any atom is -0.428 e. The first-order chi connectivity index (χ1) is 8.48. The van der Waals surface area contributed by atoms with Gasteiger partial charge in [0.1, 0.15) is 16.5 Å². The van der Waals surface area contributed by atoms with Gasteiger partial charge in [-0.05, 0) is 29.6 Å². The first-order valence-corrected chi connectivity index (χ1v) is 14.8. The lowest BCUT2D eigenvalue weighted by atomic mass is 10.2. The molecule has 0 fully saturated rings. The van der Waals surface area contributed by atoms with Crippen LogP contribution in [0.25, 0.3) is 0 Å². The van der Waals surface area contributed by atoms with Crippen LogP contribution >= 0.6 is 0 Å². The van der Waals surface area contributed by atoms with Gasteiger partial charge in [0.2, 0.25) is 0 Å². The summed E-state index contributed by atoms with van der Waals surface area (Å²) in [5, 5.41) is 2.39. The molecule has 0 radical (unpaired) electrons. The van der Waals surface area contributed by atoms with Crippen molar-refractivity contribution in [2.24, 2.45) is 0 Å². The van der Waals surface area contributed by atoms with Crippen LogP contribution in [0.3, 0.4) is 0 Å². The lowest BCUT2D eigenvalue weighted by molar-refractivity contribution is 0.574. The molecule has 4 heteroatoms. The van der Waals surface area contributed by atoms with E-state index in [-0.39, 0.29) is 0 Å². The van der Waals surface area contributed by atoms with Gasteiger partial charge in [-0.15, -0.1) is 0 Å². The largest absolute Gasteiger partial charge is 0.428 e. The molecule has 0 aliphatic carbocycles. The molecule has 0 N–H and O–H groups in total. The Hall–Kier alpha value is 0.191. The fraction of sp³-hybridized carbons (Fsp3) is 0.875. The Balaban J connectivity index is 6.25. The summed E-state index contributed by atoms with van der Waals surface area (Å²) in [7, 11) is -1.92. The summed E-state index contributed by atoms with van der Waals surface area (Å²) in [6, 6.07) is 0. The van der Waals surface area contributed by atoms with Gasteiger partial charge in [-0.25, -0.2) is 0 Å². The van der Waals surface area contributed by atoms with Crippen molar-refractivity contribution in [2.75, 3.05) is 0 Å². The minimum atomic E-state index is -1.55. The molecule has 0 spiro atoms. The van der Waals surface area contributed by atoms with Crippen LogP contribution in [-0.4, -0.2) is 30.9 Å². The summed E-state index contributed by atoms with van der Waals surface area (Å²) >= 11 is 0. The number of hydrogen-bond donors (Lipinski definition) is 0. The fourth-order valence-electron chi connectivity index (χ4n) is 2.43. The van der Waals surface area contributed by atoms with E-state index in [0.717, 1.165) is 0 Å². The molecule has 0 atom stereocenters. The first-order valence-electron chi connectivity index (χ1n) is 7.92. The van der Waals surface area contributed by atoms with E-state index in [1.165, 1.54) is 10.2 Å². The van der Waals surface area contributed by atoms with Gasteiger partial charge in [-0.2, -0.15) is 0 Å². The molecule has 0 amide bonds. The van der Waals surface area contributed by atoms with Crippen molar-refractivity contribution in [3.05, 3.63) is 10.9 Å². The predicted octanol–water partition coefficient (Wildman–Crippen LogP) is 4.92. The van der Waals surface area contributed by atoms with Crippen molar-refractivity contribution in [3.8, 4) is 0 Å². The Morgan fingerprint density at radius 2 is 1.00 bits per heavy atom. The van der Waals surface area contributed by atoms with E-state index >= 15 is 0 Å². The van der Waals surface area contributed by atoms with Crippen LogP contribution in [-0.2, 0) is 0 Å². The van der Waals surface area contributed by atoms with Crippen LogP contribution in [0.4, 0.5) is 0 Å². The van der Waals surface area contributed by atoms with Crippen LogP contribution < -0.4 is 0 Å². The van der Waals surface area contributed by atoms with Gasteiger partial charge in [-0.1, -0.05) is 72.9 Å². The Morgan fingerprint density at radius 1 is 0.750 bits per heavy atom. The lowest BCUT2D eigenvalue weighted by Gasteiger charge is -2.59. The second-order valence-corrected chi connectivity index (χ2v) is 21.6. The SMILES string of the molecule is CC([SiH3])=C(C)N([Si](C)(C)C(C)(C)C)[Si](C)(C)C(C)(C)C. The van der Waals surface area contributed by atoms with Crippen molar-refractivity contribution in [3.63, 3.8) is 0 Å². The van der Waals surface area contributed by atoms with Gasteiger partial charge in [-0.3, -0.25) is 0 Å². The second-order valence-electron chi connectivity index (χ2n) is 9.54. The minimum absolute atomic E-state index is 0.390. The van der Waals surface area contributed by atoms with E-state index < -0.39 is 16.5 Å². The number of hydrogen-bond acceptors (Lipinski definition) is 1. The van der Waals surface area contributed by atoms with Gasteiger partial charge in [0.25, 0.3) is 0 Å². The highest BCUT2D eigenvalue weighted by Gasteiger charge is 2.51. The van der Waals surface area contributed by atoms with Gasteiger partial charge < -0.3 is 4.23 Å². The monoisotopic (exact) mass is 329 g/mol. The highest BCUT2D eigenvalue weighted by atomic mass is 28.4. The topological polar surface area (TPSA) is 3.24 Å². The Morgan fingerprint density at radius 3 is 1.15 bits per heavy atom. The van der Waals surface area contributed by atoms with Crippen molar-refractivity contribution in [2.45, 2.75) is 91.7 Å². The molecule has 0 aromatic heterocycles. The van der Waals surface area contributed by atoms with Gasteiger partial charge in [0.15, 0.2) is 0 Å². The Kier molecular flexibility index (Phi) is 5.82. The highest BCUT2D eigenvalue weighted by molar-refractivity contribution is 6.93. The first kappa shape index (κ1) is 20.2. The smallest absolute Gasteiger partial charge is 0.146 e. The summed E-state index contributed by atoms with van der Waals surface area (Å²) in [6.07, 6.45) is 0.